The van der Waals surface area contributed by atoms with Crippen LogP contribution in [-0.2, 0) is 0 Å². The Morgan fingerprint density at radius 1 is 0.440 bits per heavy atom. The zero-order valence-electron chi connectivity index (χ0n) is 26.7. The van der Waals surface area contributed by atoms with E-state index in [1.807, 2.05) is 42.6 Å². The maximum atomic E-state index is 5.22. The highest BCUT2D eigenvalue weighted by atomic mass is 32.1. The van der Waals surface area contributed by atoms with Crippen molar-refractivity contribution in [2.24, 2.45) is 0 Å². The largest absolute Gasteiger partial charge is 0.294 e. The first-order valence-electron chi connectivity index (χ1n) is 16.6. The Kier molecular flexibility index (Phi) is 6.60. The molecule has 0 saturated heterocycles. The lowest BCUT2D eigenvalue weighted by molar-refractivity contribution is 1.08. The van der Waals surface area contributed by atoms with Crippen molar-refractivity contribution in [3.05, 3.63) is 164 Å². The van der Waals surface area contributed by atoms with Crippen molar-refractivity contribution in [3.63, 3.8) is 0 Å². The van der Waals surface area contributed by atoms with Crippen LogP contribution in [0.15, 0.2) is 164 Å². The van der Waals surface area contributed by atoms with E-state index in [2.05, 4.69) is 126 Å². The minimum absolute atomic E-state index is 0.644. The van der Waals surface area contributed by atoms with Gasteiger partial charge in [0, 0.05) is 59.5 Å². The third-order valence-electron chi connectivity index (χ3n) is 9.33. The summed E-state index contributed by atoms with van der Waals surface area (Å²) >= 11 is 1.79. The molecule has 0 unspecified atom stereocenters. The Morgan fingerprint density at radius 2 is 1.10 bits per heavy atom. The van der Waals surface area contributed by atoms with E-state index in [0.29, 0.717) is 17.5 Å². The molecule has 0 aliphatic carbocycles. The number of hydrogen-bond acceptors (Lipinski definition) is 5. The van der Waals surface area contributed by atoms with Gasteiger partial charge in [0.15, 0.2) is 17.5 Å². The van der Waals surface area contributed by atoms with Gasteiger partial charge >= 0.3 is 0 Å². The quantitative estimate of drug-likeness (QED) is 0.185. The fraction of sp³-hybridized carbons (Fsp3) is 0. The van der Waals surface area contributed by atoms with Crippen LogP contribution >= 0.6 is 11.3 Å². The predicted octanol–water partition coefficient (Wildman–Crippen LogP) is 11.4. The highest BCUT2D eigenvalue weighted by Crippen LogP contribution is 2.42. The van der Waals surface area contributed by atoms with Gasteiger partial charge in [0.05, 0.1) is 5.52 Å². The van der Waals surface area contributed by atoms with Gasteiger partial charge in [0.1, 0.15) is 5.65 Å². The molecule has 5 nitrogen and oxygen atoms in total. The Labute approximate surface area is 291 Å². The molecule has 0 atom stereocenters. The van der Waals surface area contributed by atoms with Crippen LogP contribution in [0.25, 0.3) is 93.1 Å². The molecule has 0 bridgehead atoms. The third-order valence-corrected chi connectivity index (χ3v) is 10.5. The summed E-state index contributed by atoms with van der Waals surface area (Å²) in [5.41, 5.74) is 8.27. The molecule has 234 valence electrons. The Balaban J connectivity index is 1.19. The molecule has 0 aliphatic rings. The van der Waals surface area contributed by atoms with E-state index in [9.17, 15) is 0 Å². The monoisotopic (exact) mass is 657 g/mol. The number of pyridine rings is 1. The van der Waals surface area contributed by atoms with Gasteiger partial charge in [-0.25, -0.2) is 19.9 Å². The molecular formula is C44H27N5S. The Hall–Kier alpha value is -6.50. The first-order chi connectivity index (χ1) is 24.8. The molecule has 0 fully saturated rings. The Morgan fingerprint density at radius 3 is 1.94 bits per heavy atom. The van der Waals surface area contributed by atoms with Crippen LogP contribution in [0.1, 0.15) is 0 Å². The zero-order chi connectivity index (χ0) is 33.0. The van der Waals surface area contributed by atoms with Crippen molar-refractivity contribution in [1.29, 1.82) is 0 Å². The highest BCUT2D eigenvalue weighted by molar-refractivity contribution is 7.26. The van der Waals surface area contributed by atoms with Crippen LogP contribution in [0, 0.1) is 0 Å². The second kappa shape index (κ2) is 11.6. The van der Waals surface area contributed by atoms with E-state index in [1.165, 1.54) is 20.2 Å². The van der Waals surface area contributed by atoms with E-state index in [1.54, 1.807) is 11.3 Å². The molecule has 0 aliphatic heterocycles. The maximum Gasteiger partial charge on any atom is 0.164 e. The number of thiophene rings is 1. The summed E-state index contributed by atoms with van der Waals surface area (Å²) in [5.74, 6) is 1.94. The lowest BCUT2D eigenvalue weighted by Crippen LogP contribution is -2.01. The number of para-hydroxylation sites is 1. The van der Waals surface area contributed by atoms with Crippen LogP contribution in [0.4, 0.5) is 0 Å². The third kappa shape index (κ3) is 4.61. The van der Waals surface area contributed by atoms with Gasteiger partial charge < -0.3 is 0 Å². The van der Waals surface area contributed by atoms with Crippen LogP contribution in [0.3, 0.4) is 0 Å². The van der Waals surface area contributed by atoms with E-state index in [0.717, 1.165) is 55.4 Å². The van der Waals surface area contributed by atoms with Crippen molar-refractivity contribution in [1.82, 2.24) is 24.5 Å². The van der Waals surface area contributed by atoms with Crippen LogP contribution in [0.5, 0.6) is 0 Å². The van der Waals surface area contributed by atoms with Crippen LogP contribution in [0.2, 0.25) is 0 Å². The number of fused-ring (bicyclic) bond motifs is 6. The maximum absolute atomic E-state index is 5.22. The van der Waals surface area contributed by atoms with E-state index >= 15 is 0 Å². The minimum atomic E-state index is 0.644. The number of nitrogens with zero attached hydrogens (tertiary/aromatic N) is 5. The van der Waals surface area contributed by atoms with Crippen molar-refractivity contribution >= 4 is 53.4 Å². The second-order valence-electron chi connectivity index (χ2n) is 12.3. The van der Waals surface area contributed by atoms with E-state index in [4.69, 9.17) is 19.9 Å². The normalized spacial score (nSPS) is 11.6. The molecule has 0 saturated carbocycles. The van der Waals surface area contributed by atoms with Crippen molar-refractivity contribution in [3.8, 4) is 51.0 Å². The molecule has 10 aromatic rings. The van der Waals surface area contributed by atoms with E-state index < -0.39 is 0 Å². The van der Waals surface area contributed by atoms with Crippen LogP contribution < -0.4 is 0 Å². The lowest BCUT2D eigenvalue weighted by atomic mass is 9.99. The van der Waals surface area contributed by atoms with Gasteiger partial charge in [-0.15, -0.1) is 11.3 Å². The fourth-order valence-corrected chi connectivity index (χ4v) is 8.24. The number of rotatable bonds is 5. The van der Waals surface area contributed by atoms with Crippen molar-refractivity contribution < 1.29 is 0 Å². The van der Waals surface area contributed by atoms with Crippen molar-refractivity contribution in [2.45, 2.75) is 0 Å². The lowest BCUT2D eigenvalue weighted by Gasteiger charge is -2.12. The summed E-state index contributed by atoms with van der Waals surface area (Å²) in [6, 6.07) is 54.8. The molecule has 0 radical (unpaired) electrons. The van der Waals surface area contributed by atoms with Gasteiger partial charge in [-0.3, -0.25) is 4.57 Å². The smallest absolute Gasteiger partial charge is 0.164 e. The van der Waals surface area contributed by atoms with Gasteiger partial charge in [-0.05, 0) is 47.5 Å². The van der Waals surface area contributed by atoms with Crippen molar-refractivity contribution in [2.75, 3.05) is 0 Å². The number of hydrogen-bond donors (Lipinski definition) is 0. The number of benzene rings is 6. The summed E-state index contributed by atoms with van der Waals surface area (Å²) in [4.78, 5) is 20.2. The molecule has 10 rings (SSSR count). The summed E-state index contributed by atoms with van der Waals surface area (Å²) in [7, 11) is 0. The Bertz CT molecular complexity index is 2820. The first kappa shape index (κ1) is 28.5. The second-order valence-corrected chi connectivity index (χ2v) is 13.4. The fourth-order valence-electron chi connectivity index (χ4n) is 7.08. The summed E-state index contributed by atoms with van der Waals surface area (Å²) in [6.07, 6.45) is 1.87. The predicted molar refractivity (Wildman–Crippen MR) is 207 cm³/mol. The van der Waals surface area contributed by atoms with Crippen LogP contribution in [-0.4, -0.2) is 24.5 Å². The van der Waals surface area contributed by atoms with E-state index in [-0.39, 0.29) is 0 Å². The molecule has 6 heteroatoms. The SMILES string of the molecule is c1ccc(-c2nc(-c3ccccc3-c3ccccc3)nc(-c3cccc4sc5cc(-n6c7ccccc7c7cccnc76)ccc5c34)n2)cc1. The zero-order valence-corrected chi connectivity index (χ0v) is 27.5. The van der Waals surface area contributed by atoms with Gasteiger partial charge in [0.25, 0.3) is 0 Å². The summed E-state index contributed by atoms with van der Waals surface area (Å²) < 4.78 is 4.64. The average molecular weight is 658 g/mol. The molecule has 4 heterocycles. The molecule has 50 heavy (non-hydrogen) atoms. The molecule has 6 aromatic carbocycles. The standard InChI is InChI=1S/C44H27N5S/c1-3-13-28(14-4-1)31-17-7-8-19-33(31)42-46-41(29-15-5-2-6-16-29)47-43(48-42)36-20-11-23-38-40(36)35-25-24-30(27-39(35)50-38)49-37-22-10-9-18-32(37)34-21-12-26-45-44(34)49/h1-27H. The van der Waals surface area contributed by atoms with Gasteiger partial charge in [-0.1, -0.05) is 121 Å². The topological polar surface area (TPSA) is 56.5 Å². The molecular weight excluding hydrogens is 631 g/mol. The molecule has 0 N–H and O–H groups in total. The first-order valence-corrected chi connectivity index (χ1v) is 17.4. The summed E-state index contributed by atoms with van der Waals surface area (Å²) in [5, 5.41) is 4.66. The summed E-state index contributed by atoms with van der Waals surface area (Å²) in [6.45, 7) is 0. The minimum Gasteiger partial charge on any atom is -0.294 e. The molecule has 4 aromatic heterocycles. The van der Waals surface area contributed by atoms with Gasteiger partial charge in [-0.2, -0.15) is 0 Å². The average Bonchev–Trinajstić information content (AvgIpc) is 3.74. The number of aromatic nitrogens is 5. The molecule has 0 amide bonds. The molecule has 0 spiro atoms. The van der Waals surface area contributed by atoms with Gasteiger partial charge in [0.2, 0.25) is 0 Å². The highest BCUT2D eigenvalue weighted by Gasteiger charge is 2.20.